The minimum Gasteiger partial charge on any atom is -0.370 e. The van der Waals surface area contributed by atoms with Crippen molar-refractivity contribution in [3.05, 3.63) is 17.5 Å². The van der Waals surface area contributed by atoms with E-state index in [1.54, 1.807) is 0 Å². The van der Waals surface area contributed by atoms with Crippen LogP contribution in [0.25, 0.3) is 0 Å². The summed E-state index contributed by atoms with van der Waals surface area (Å²) in [5.74, 6) is -0.798. The molecule has 154 valence electrons. The van der Waals surface area contributed by atoms with E-state index >= 15 is 0 Å². The van der Waals surface area contributed by atoms with Crippen LogP contribution in [0.15, 0.2) is 10.6 Å². The van der Waals surface area contributed by atoms with Crippen LogP contribution < -0.4 is 16.4 Å². The number of aromatic nitrogens is 1. The summed E-state index contributed by atoms with van der Waals surface area (Å²) < 4.78 is 40.1. The molecule has 2 aliphatic rings. The smallest absolute Gasteiger partial charge is 0.370 e. The van der Waals surface area contributed by atoms with Gasteiger partial charge in [0.05, 0.1) is 12.1 Å². The second-order valence-corrected chi connectivity index (χ2v) is 7.23. The number of carbonyl (C=O) groups is 2. The molecule has 0 spiro atoms. The molecule has 3 rings (SSSR count). The van der Waals surface area contributed by atoms with E-state index in [0.717, 1.165) is 0 Å². The van der Waals surface area contributed by atoms with Gasteiger partial charge >= 0.3 is 16.4 Å². The summed E-state index contributed by atoms with van der Waals surface area (Å²) in [5.41, 5.74) is 5.47. The Kier molecular flexibility index (Phi) is 5.39. The Bertz CT molecular complexity index is 886. The lowest BCUT2D eigenvalue weighted by atomic mass is 9.98. The van der Waals surface area contributed by atoms with Gasteiger partial charge in [-0.2, -0.15) is 13.5 Å². The number of hydroxylamine groups is 2. The Morgan fingerprint density at radius 3 is 2.82 bits per heavy atom. The van der Waals surface area contributed by atoms with Gasteiger partial charge in [0.2, 0.25) is 5.76 Å². The lowest BCUT2D eigenvalue weighted by molar-refractivity contribution is -0.0317. The van der Waals surface area contributed by atoms with Gasteiger partial charge in [0.25, 0.3) is 5.91 Å². The number of carbonyl (C=O) groups excluding carboxylic acids is 2. The molecule has 2 saturated heterocycles. The number of rotatable bonds is 7. The first-order valence-electron chi connectivity index (χ1n) is 8.25. The second-order valence-electron chi connectivity index (χ2n) is 6.22. The number of nitrogens with two attached hydrogens (primary N) is 1. The largest absolute Gasteiger partial charge is 0.418 e. The van der Waals surface area contributed by atoms with Crippen molar-refractivity contribution in [1.29, 1.82) is 5.41 Å². The highest BCUT2D eigenvalue weighted by molar-refractivity contribution is 7.80. The van der Waals surface area contributed by atoms with Crippen molar-refractivity contribution in [1.82, 2.24) is 25.8 Å². The molecule has 0 radical (unpaired) electrons. The summed E-state index contributed by atoms with van der Waals surface area (Å²) in [5, 5.41) is 16.6. The van der Waals surface area contributed by atoms with Gasteiger partial charge in [-0.15, -0.1) is 4.28 Å². The maximum atomic E-state index is 12.4. The van der Waals surface area contributed by atoms with E-state index in [4.69, 9.17) is 20.2 Å². The van der Waals surface area contributed by atoms with Crippen LogP contribution in [0.2, 0.25) is 0 Å². The highest BCUT2D eigenvalue weighted by Gasteiger charge is 2.48. The highest BCUT2D eigenvalue weighted by atomic mass is 32.3. The van der Waals surface area contributed by atoms with E-state index in [1.165, 1.54) is 11.0 Å². The number of hydrogen-bond donors (Lipinski definition) is 5. The van der Waals surface area contributed by atoms with Gasteiger partial charge in [-0.1, -0.05) is 5.16 Å². The zero-order chi connectivity index (χ0) is 20.5. The summed E-state index contributed by atoms with van der Waals surface area (Å²) in [6, 6.07) is -0.370. The van der Waals surface area contributed by atoms with Gasteiger partial charge in [0.1, 0.15) is 5.69 Å². The third-order valence-corrected chi connectivity index (χ3v) is 4.67. The van der Waals surface area contributed by atoms with Crippen LogP contribution in [-0.4, -0.2) is 71.7 Å². The number of nitrogens with zero attached hydrogens (tertiary/aromatic N) is 3. The minimum atomic E-state index is -4.82. The van der Waals surface area contributed by atoms with Crippen molar-refractivity contribution in [2.75, 3.05) is 19.6 Å². The monoisotopic (exact) mass is 417 g/mol. The summed E-state index contributed by atoms with van der Waals surface area (Å²) in [6.45, 7) is 0.647. The lowest BCUT2D eigenvalue weighted by Gasteiger charge is -2.28. The number of nitrogens with one attached hydrogen (secondary N) is 3. The maximum absolute atomic E-state index is 12.4. The Morgan fingerprint density at radius 1 is 1.43 bits per heavy atom. The van der Waals surface area contributed by atoms with Crippen LogP contribution in [-0.2, 0) is 14.7 Å². The molecule has 3 amide bonds. The molecular formula is C13H19N7O7S. The summed E-state index contributed by atoms with van der Waals surface area (Å²) in [6.07, 6.45) is 0.853. The molecule has 2 bridgehead atoms. The van der Waals surface area contributed by atoms with Crippen molar-refractivity contribution >= 4 is 28.3 Å². The molecule has 2 atom stereocenters. The second kappa shape index (κ2) is 7.61. The van der Waals surface area contributed by atoms with Gasteiger partial charge in [0.15, 0.2) is 5.96 Å². The van der Waals surface area contributed by atoms with Gasteiger partial charge in [-0.3, -0.25) is 14.8 Å². The fourth-order valence-electron chi connectivity index (χ4n) is 3.15. The van der Waals surface area contributed by atoms with E-state index in [9.17, 15) is 18.0 Å². The molecule has 0 unspecified atom stereocenters. The molecule has 15 heteroatoms. The van der Waals surface area contributed by atoms with E-state index in [0.29, 0.717) is 23.6 Å². The number of urea groups is 1. The number of hydrogen-bond acceptors (Lipinski definition) is 8. The average molecular weight is 417 g/mol. The van der Waals surface area contributed by atoms with Crippen LogP contribution >= 0.6 is 0 Å². The fraction of sp³-hybridized carbons (Fsp3) is 0.538. The third-order valence-electron chi connectivity index (χ3n) is 4.32. The van der Waals surface area contributed by atoms with E-state index in [2.05, 4.69) is 20.1 Å². The van der Waals surface area contributed by atoms with E-state index in [-0.39, 0.29) is 31.4 Å². The first-order chi connectivity index (χ1) is 13.2. The van der Waals surface area contributed by atoms with Crippen LogP contribution in [0.4, 0.5) is 4.79 Å². The van der Waals surface area contributed by atoms with Gasteiger partial charge in [-0.05, 0) is 12.8 Å². The molecular weight excluding hydrogens is 398 g/mol. The number of guanidine groups is 1. The first-order valence-corrected chi connectivity index (χ1v) is 9.62. The van der Waals surface area contributed by atoms with Crippen LogP contribution in [0.3, 0.4) is 0 Å². The molecule has 6 N–H and O–H groups in total. The van der Waals surface area contributed by atoms with Gasteiger partial charge < -0.3 is 25.8 Å². The Morgan fingerprint density at radius 2 is 2.14 bits per heavy atom. The SMILES string of the molecule is N=C(N)NCCNC(=O)c1cc([C@@H]2CC[C@H]3CN2C(=O)N3OS(=O)(=O)O)no1. The number of piperidine rings is 1. The molecule has 2 fully saturated rings. The Labute approximate surface area is 159 Å². The highest BCUT2D eigenvalue weighted by Crippen LogP contribution is 2.38. The number of fused-ring (bicyclic) bond motifs is 2. The zero-order valence-corrected chi connectivity index (χ0v) is 15.3. The summed E-state index contributed by atoms with van der Waals surface area (Å²) in [4.78, 5) is 25.8. The Hall–Kier alpha value is -2.91. The molecule has 0 aromatic carbocycles. The van der Waals surface area contributed by atoms with Crippen molar-refractivity contribution in [2.45, 2.75) is 24.9 Å². The quantitative estimate of drug-likeness (QED) is 0.151. The molecule has 1 aromatic heterocycles. The van der Waals surface area contributed by atoms with Crippen LogP contribution in [0.5, 0.6) is 0 Å². The standard InChI is InChI=1S/C13H19N7O7S/c14-12(15)17-4-3-16-11(21)10-5-8(18-26-10)9-2-1-7-6-19(9)13(22)20(7)27-28(23,24)25/h5,7,9H,1-4,6H2,(H,16,21)(H4,14,15,17)(H,23,24,25)/t7-,9-/m0/s1. The van der Waals surface area contributed by atoms with Crippen molar-refractivity contribution in [2.24, 2.45) is 5.73 Å². The summed E-state index contributed by atoms with van der Waals surface area (Å²) in [7, 11) is -4.82. The topological polar surface area (TPSA) is 204 Å². The average Bonchev–Trinajstić information content (AvgIpc) is 3.18. The predicted molar refractivity (Wildman–Crippen MR) is 91.1 cm³/mol. The van der Waals surface area contributed by atoms with E-state index < -0.39 is 34.4 Å². The molecule has 28 heavy (non-hydrogen) atoms. The molecule has 3 heterocycles. The molecule has 2 aliphatic heterocycles. The summed E-state index contributed by atoms with van der Waals surface area (Å²) >= 11 is 0. The van der Waals surface area contributed by atoms with Gasteiger partial charge in [0, 0.05) is 25.7 Å². The lowest BCUT2D eigenvalue weighted by Crippen LogP contribution is -2.37. The molecule has 0 saturated carbocycles. The molecule has 1 aromatic rings. The molecule has 14 nitrogen and oxygen atoms in total. The van der Waals surface area contributed by atoms with Crippen LogP contribution in [0.1, 0.15) is 35.1 Å². The third kappa shape index (κ3) is 4.32. The minimum absolute atomic E-state index is 0.0577. The predicted octanol–water partition coefficient (Wildman–Crippen LogP) is -1.44. The first kappa shape index (κ1) is 19.8. The zero-order valence-electron chi connectivity index (χ0n) is 14.5. The normalized spacial score (nSPS) is 21.7. The number of amides is 3. The van der Waals surface area contributed by atoms with E-state index in [1.807, 2.05) is 0 Å². The van der Waals surface area contributed by atoms with Crippen molar-refractivity contribution < 1.29 is 31.4 Å². The van der Waals surface area contributed by atoms with Crippen LogP contribution in [0, 0.1) is 5.41 Å². The Balaban J connectivity index is 1.63. The fourth-order valence-corrected chi connectivity index (χ4v) is 3.54. The van der Waals surface area contributed by atoms with Crippen molar-refractivity contribution in [3.63, 3.8) is 0 Å². The maximum Gasteiger partial charge on any atom is 0.418 e. The van der Waals surface area contributed by atoms with Crippen molar-refractivity contribution in [3.8, 4) is 0 Å². The van der Waals surface area contributed by atoms with Gasteiger partial charge in [-0.25, -0.2) is 4.79 Å². The molecule has 0 aliphatic carbocycles.